The van der Waals surface area contributed by atoms with Gasteiger partial charge in [-0.25, -0.2) is 0 Å². The number of halogens is 1. The summed E-state index contributed by atoms with van der Waals surface area (Å²) in [5.74, 6) is 0.508. The third kappa shape index (κ3) is 4.53. The smallest absolute Gasteiger partial charge is 0.0481 e. The van der Waals surface area contributed by atoms with Crippen LogP contribution in [-0.4, -0.2) is 27.5 Å². The van der Waals surface area contributed by atoms with Gasteiger partial charge in [-0.05, 0) is 66.8 Å². The summed E-state index contributed by atoms with van der Waals surface area (Å²) in [4.78, 5) is 7.45. The molecule has 0 radical (unpaired) electrons. The van der Waals surface area contributed by atoms with Crippen molar-refractivity contribution in [2.24, 2.45) is 7.05 Å². The van der Waals surface area contributed by atoms with Gasteiger partial charge in [0.05, 0.1) is 0 Å². The van der Waals surface area contributed by atoms with Crippen LogP contribution < -0.4 is 0 Å². The second kappa shape index (κ2) is 8.86. The van der Waals surface area contributed by atoms with Gasteiger partial charge in [-0.15, -0.1) is 0 Å². The minimum atomic E-state index is 0.508. The molecule has 158 valence electrons. The quantitative estimate of drug-likeness (QED) is 0.376. The van der Waals surface area contributed by atoms with Crippen LogP contribution in [0, 0.1) is 0 Å². The first-order valence-corrected chi connectivity index (χ1v) is 11.5. The topological polar surface area (TPSA) is 21.1 Å². The summed E-state index contributed by atoms with van der Waals surface area (Å²) >= 11 is 6.00. The Balaban J connectivity index is 1.26. The number of benzene rings is 2. The number of aromatic nitrogens is 2. The molecule has 0 N–H and O–H groups in total. The van der Waals surface area contributed by atoms with Gasteiger partial charge in [0, 0.05) is 60.1 Å². The van der Waals surface area contributed by atoms with Crippen molar-refractivity contribution in [1.82, 2.24) is 14.5 Å². The molecule has 1 fully saturated rings. The SMILES string of the molecule is Cn1cc(CN2CCCC(c3ccc(Cc4ccc(Cl)cc4)cn3)C2)c2ccccc21. The number of piperidine rings is 1. The lowest BCUT2D eigenvalue weighted by Crippen LogP contribution is -2.34. The highest BCUT2D eigenvalue weighted by Crippen LogP contribution is 2.29. The van der Waals surface area contributed by atoms with Gasteiger partial charge in [0.1, 0.15) is 0 Å². The fraction of sp³-hybridized carbons (Fsp3) is 0.296. The van der Waals surface area contributed by atoms with E-state index in [0.29, 0.717) is 5.92 Å². The van der Waals surface area contributed by atoms with Crippen molar-refractivity contribution >= 4 is 22.5 Å². The number of likely N-dealkylation sites (tertiary alicyclic amines) is 1. The van der Waals surface area contributed by atoms with Gasteiger partial charge in [-0.3, -0.25) is 9.88 Å². The van der Waals surface area contributed by atoms with E-state index in [0.717, 1.165) is 31.1 Å². The van der Waals surface area contributed by atoms with E-state index in [4.69, 9.17) is 16.6 Å². The van der Waals surface area contributed by atoms with Gasteiger partial charge < -0.3 is 4.57 Å². The minimum Gasteiger partial charge on any atom is -0.350 e. The zero-order valence-electron chi connectivity index (χ0n) is 18.0. The molecule has 5 rings (SSSR count). The van der Waals surface area contributed by atoms with Crippen molar-refractivity contribution < 1.29 is 0 Å². The third-order valence-electron chi connectivity index (χ3n) is 6.47. The van der Waals surface area contributed by atoms with E-state index in [9.17, 15) is 0 Å². The van der Waals surface area contributed by atoms with Gasteiger partial charge in [0.2, 0.25) is 0 Å². The molecule has 1 unspecified atom stereocenters. The van der Waals surface area contributed by atoms with Crippen LogP contribution in [-0.2, 0) is 20.0 Å². The van der Waals surface area contributed by atoms with Crippen LogP contribution in [0.3, 0.4) is 0 Å². The molecule has 3 nitrogen and oxygen atoms in total. The van der Waals surface area contributed by atoms with E-state index in [1.54, 1.807) is 0 Å². The van der Waals surface area contributed by atoms with E-state index in [2.05, 4.69) is 71.2 Å². The summed E-state index contributed by atoms with van der Waals surface area (Å²) < 4.78 is 2.24. The zero-order valence-corrected chi connectivity index (χ0v) is 18.7. The Morgan fingerprint density at radius 1 is 1.00 bits per heavy atom. The average molecular weight is 430 g/mol. The van der Waals surface area contributed by atoms with Crippen LogP contribution in [0.15, 0.2) is 73.1 Å². The highest BCUT2D eigenvalue weighted by molar-refractivity contribution is 6.30. The number of para-hydroxylation sites is 1. The third-order valence-corrected chi connectivity index (χ3v) is 6.72. The average Bonchev–Trinajstić information content (AvgIpc) is 3.11. The molecule has 1 aliphatic rings. The standard InChI is InChI=1S/C27H28ClN3/c1-30-17-23(25-6-2-3-7-27(25)30)19-31-14-4-5-22(18-31)26-13-10-21(16-29-26)15-20-8-11-24(28)12-9-20/h2-3,6-13,16-17,22H,4-5,14-15,18-19H2,1H3. The number of rotatable bonds is 5. The molecule has 1 saturated heterocycles. The molecule has 0 spiro atoms. The van der Waals surface area contributed by atoms with Gasteiger partial charge in [-0.2, -0.15) is 0 Å². The van der Waals surface area contributed by atoms with Crippen molar-refractivity contribution in [1.29, 1.82) is 0 Å². The van der Waals surface area contributed by atoms with Crippen molar-refractivity contribution in [2.45, 2.75) is 31.7 Å². The predicted octanol–water partition coefficient (Wildman–Crippen LogP) is 6.20. The highest BCUT2D eigenvalue weighted by Gasteiger charge is 2.23. The Labute approximate surface area is 189 Å². The fourth-order valence-electron chi connectivity index (χ4n) is 4.85. The first kappa shape index (κ1) is 20.3. The second-order valence-corrected chi connectivity index (χ2v) is 9.19. The van der Waals surface area contributed by atoms with Gasteiger partial charge in [-0.1, -0.05) is 48.0 Å². The van der Waals surface area contributed by atoms with Gasteiger partial charge in [0.25, 0.3) is 0 Å². The van der Waals surface area contributed by atoms with Crippen molar-refractivity contribution in [3.63, 3.8) is 0 Å². The molecular formula is C27H28ClN3. The second-order valence-electron chi connectivity index (χ2n) is 8.75. The van der Waals surface area contributed by atoms with Gasteiger partial charge in [0.15, 0.2) is 0 Å². The molecule has 1 atom stereocenters. The molecule has 0 bridgehead atoms. The fourth-order valence-corrected chi connectivity index (χ4v) is 4.98. The van der Waals surface area contributed by atoms with Crippen molar-refractivity contribution in [3.05, 3.63) is 100 Å². The lowest BCUT2D eigenvalue weighted by atomic mass is 9.93. The zero-order chi connectivity index (χ0) is 21.2. The Hall–Kier alpha value is -2.62. The Bertz CT molecular complexity index is 1160. The predicted molar refractivity (Wildman–Crippen MR) is 129 cm³/mol. The molecule has 2 aromatic heterocycles. The molecule has 1 aliphatic heterocycles. The highest BCUT2D eigenvalue weighted by atomic mass is 35.5. The lowest BCUT2D eigenvalue weighted by molar-refractivity contribution is 0.199. The maximum absolute atomic E-state index is 6.00. The van der Waals surface area contributed by atoms with Crippen LogP contribution in [0.2, 0.25) is 5.02 Å². The normalized spacial score (nSPS) is 17.3. The first-order valence-electron chi connectivity index (χ1n) is 11.1. The summed E-state index contributed by atoms with van der Waals surface area (Å²) in [6.07, 6.45) is 7.67. The molecule has 2 aromatic carbocycles. The number of aryl methyl sites for hydroxylation is 1. The van der Waals surface area contributed by atoms with Crippen LogP contribution in [0.5, 0.6) is 0 Å². The summed E-state index contributed by atoms with van der Waals surface area (Å²) in [6.45, 7) is 3.24. The molecule has 0 amide bonds. The van der Waals surface area contributed by atoms with Gasteiger partial charge >= 0.3 is 0 Å². The van der Waals surface area contributed by atoms with E-state index >= 15 is 0 Å². The van der Waals surface area contributed by atoms with Crippen LogP contribution in [0.4, 0.5) is 0 Å². The lowest BCUT2D eigenvalue weighted by Gasteiger charge is -2.32. The van der Waals surface area contributed by atoms with Crippen LogP contribution >= 0.6 is 11.6 Å². The largest absolute Gasteiger partial charge is 0.350 e. The molecule has 3 heterocycles. The Morgan fingerprint density at radius 2 is 1.81 bits per heavy atom. The van der Waals surface area contributed by atoms with E-state index in [1.165, 1.54) is 46.1 Å². The van der Waals surface area contributed by atoms with Crippen LogP contribution in [0.25, 0.3) is 10.9 Å². The number of hydrogen-bond donors (Lipinski definition) is 0. The van der Waals surface area contributed by atoms with Crippen molar-refractivity contribution in [3.8, 4) is 0 Å². The first-order chi connectivity index (χ1) is 15.2. The van der Waals surface area contributed by atoms with E-state index < -0.39 is 0 Å². The molecule has 4 aromatic rings. The summed E-state index contributed by atoms with van der Waals surface area (Å²) in [7, 11) is 2.14. The maximum Gasteiger partial charge on any atom is 0.0481 e. The summed E-state index contributed by atoms with van der Waals surface area (Å²) in [6, 6.07) is 21.2. The number of hydrogen-bond acceptors (Lipinski definition) is 2. The van der Waals surface area contributed by atoms with E-state index in [-0.39, 0.29) is 0 Å². The molecule has 0 aliphatic carbocycles. The Kier molecular flexibility index (Phi) is 5.80. The number of pyridine rings is 1. The minimum absolute atomic E-state index is 0.508. The Morgan fingerprint density at radius 3 is 2.61 bits per heavy atom. The summed E-state index contributed by atoms with van der Waals surface area (Å²) in [5.41, 5.74) is 6.46. The molecular weight excluding hydrogens is 402 g/mol. The summed E-state index contributed by atoms with van der Waals surface area (Å²) in [5, 5.41) is 2.15. The molecule has 31 heavy (non-hydrogen) atoms. The molecule has 0 saturated carbocycles. The molecule has 4 heteroatoms. The number of nitrogens with zero attached hydrogens (tertiary/aromatic N) is 3. The van der Waals surface area contributed by atoms with Crippen molar-refractivity contribution in [2.75, 3.05) is 13.1 Å². The maximum atomic E-state index is 6.00. The van der Waals surface area contributed by atoms with E-state index in [1.807, 2.05) is 18.3 Å². The monoisotopic (exact) mass is 429 g/mol. The number of fused-ring (bicyclic) bond motifs is 1. The van der Waals surface area contributed by atoms with Crippen LogP contribution in [0.1, 0.15) is 41.1 Å².